The van der Waals surface area contributed by atoms with E-state index >= 15 is 0 Å². The summed E-state index contributed by atoms with van der Waals surface area (Å²) in [6.45, 7) is 2.80. The number of ether oxygens (including phenoxy) is 1. The Kier molecular flexibility index (Phi) is 2.92. The molecule has 2 aromatic rings. The van der Waals surface area contributed by atoms with E-state index in [1.807, 2.05) is 18.6 Å². The first-order valence-electron chi connectivity index (χ1n) is 6.02. The number of nitrogens with one attached hydrogen (secondary N) is 1. The van der Waals surface area contributed by atoms with E-state index in [0.29, 0.717) is 5.92 Å². The van der Waals surface area contributed by atoms with Crippen molar-refractivity contribution in [3.63, 3.8) is 0 Å². The Morgan fingerprint density at radius 2 is 2.41 bits per heavy atom. The molecule has 0 aromatic carbocycles. The summed E-state index contributed by atoms with van der Waals surface area (Å²) in [5, 5.41) is 0. The summed E-state index contributed by atoms with van der Waals surface area (Å²) < 4.78 is 7.54. The topological polar surface area (TPSA) is 55.7 Å². The van der Waals surface area contributed by atoms with Crippen LogP contribution in [-0.2, 0) is 11.3 Å². The highest BCUT2D eigenvalue weighted by atomic mass is 16.5. The van der Waals surface area contributed by atoms with Crippen LogP contribution in [0.5, 0.6) is 0 Å². The zero-order chi connectivity index (χ0) is 11.5. The van der Waals surface area contributed by atoms with Gasteiger partial charge in [0.1, 0.15) is 0 Å². The largest absolute Gasteiger partial charge is 0.381 e. The molecule has 0 aliphatic carbocycles. The lowest BCUT2D eigenvalue weighted by atomic mass is 10.1. The monoisotopic (exact) mass is 232 g/mol. The zero-order valence-corrected chi connectivity index (χ0v) is 9.67. The Hall–Kier alpha value is -1.62. The summed E-state index contributed by atoms with van der Waals surface area (Å²) in [6.07, 6.45) is 9.73. The summed E-state index contributed by atoms with van der Waals surface area (Å²) in [6, 6.07) is 0. The Labute approximate surface area is 99.9 Å². The number of imidazole rings is 2. The summed E-state index contributed by atoms with van der Waals surface area (Å²) in [5.74, 6) is 2.44. The number of aryl methyl sites for hydroxylation is 1. The first-order chi connectivity index (χ1) is 8.43. The van der Waals surface area contributed by atoms with E-state index in [0.717, 1.165) is 37.8 Å². The summed E-state index contributed by atoms with van der Waals surface area (Å²) >= 11 is 0. The van der Waals surface area contributed by atoms with Crippen molar-refractivity contribution in [3.05, 3.63) is 24.8 Å². The molecule has 2 aromatic heterocycles. The van der Waals surface area contributed by atoms with E-state index in [4.69, 9.17) is 4.74 Å². The molecule has 0 spiro atoms. The van der Waals surface area contributed by atoms with Crippen molar-refractivity contribution in [2.24, 2.45) is 5.92 Å². The lowest BCUT2D eigenvalue weighted by Gasteiger charge is -2.09. The molecule has 0 radical (unpaired) electrons. The molecule has 17 heavy (non-hydrogen) atoms. The summed E-state index contributed by atoms with van der Waals surface area (Å²) in [7, 11) is 0. The summed E-state index contributed by atoms with van der Waals surface area (Å²) in [4.78, 5) is 11.7. The third kappa shape index (κ3) is 2.24. The smallest absolute Gasteiger partial charge is 0.176 e. The van der Waals surface area contributed by atoms with Crippen LogP contribution in [0.2, 0.25) is 0 Å². The minimum absolute atomic E-state index is 0.696. The van der Waals surface area contributed by atoms with Crippen LogP contribution in [0, 0.1) is 5.92 Å². The number of hydrogen-bond donors (Lipinski definition) is 1. The Morgan fingerprint density at radius 1 is 1.41 bits per heavy atom. The van der Waals surface area contributed by atoms with Gasteiger partial charge in [0, 0.05) is 44.5 Å². The first kappa shape index (κ1) is 10.5. The van der Waals surface area contributed by atoms with Crippen LogP contribution in [-0.4, -0.2) is 32.7 Å². The van der Waals surface area contributed by atoms with Gasteiger partial charge in [-0.1, -0.05) is 0 Å². The number of rotatable bonds is 4. The van der Waals surface area contributed by atoms with E-state index in [1.165, 1.54) is 6.42 Å². The molecule has 1 unspecified atom stereocenters. The molecule has 0 saturated carbocycles. The number of aromatic amines is 1. The molecule has 5 nitrogen and oxygen atoms in total. The fourth-order valence-corrected chi connectivity index (χ4v) is 2.23. The van der Waals surface area contributed by atoms with Gasteiger partial charge >= 0.3 is 0 Å². The molecule has 0 bridgehead atoms. The predicted molar refractivity (Wildman–Crippen MR) is 63.4 cm³/mol. The second-order valence-corrected chi connectivity index (χ2v) is 4.40. The Morgan fingerprint density at radius 3 is 3.18 bits per heavy atom. The van der Waals surface area contributed by atoms with Gasteiger partial charge in [-0.15, -0.1) is 0 Å². The van der Waals surface area contributed by atoms with Crippen LogP contribution < -0.4 is 0 Å². The van der Waals surface area contributed by atoms with Crippen LogP contribution in [0.1, 0.15) is 12.8 Å². The highest BCUT2D eigenvalue weighted by Crippen LogP contribution is 2.19. The molecule has 1 atom stereocenters. The normalized spacial score (nSPS) is 19.9. The average molecular weight is 232 g/mol. The average Bonchev–Trinajstić information content (AvgIpc) is 3.09. The molecular formula is C12H16N4O. The van der Waals surface area contributed by atoms with Crippen LogP contribution in [0.25, 0.3) is 11.6 Å². The number of aromatic nitrogens is 4. The van der Waals surface area contributed by atoms with Crippen LogP contribution in [0.4, 0.5) is 0 Å². The van der Waals surface area contributed by atoms with Crippen molar-refractivity contribution < 1.29 is 4.74 Å². The molecule has 90 valence electrons. The van der Waals surface area contributed by atoms with Gasteiger partial charge < -0.3 is 14.3 Å². The number of nitrogens with zero attached hydrogens (tertiary/aromatic N) is 3. The lowest BCUT2D eigenvalue weighted by molar-refractivity contribution is 0.183. The Balaban J connectivity index is 1.69. The highest BCUT2D eigenvalue weighted by molar-refractivity contribution is 5.43. The first-order valence-corrected chi connectivity index (χ1v) is 6.02. The maximum absolute atomic E-state index is 5.39. The van der Waals surface area contributed by atoms with Gasteiger partial charge in [0.05, 0.1) is 0 Å². The van der Waals surface area contributed by atoms with Crippen molar-refractivity contribution in [1.29, 1.82) is 0 Å². The minimum Gasteiger partial charge on any atom is -0.381 e. The minimum atomic E-state index is 0.696. The summed E-state index contributed by atoms with van der Waals surface area (Å²) in [5.41, 5.74) is 0. The second kappa shape index (κ2) is 4.71. The maximum Gasteiger partial charge on any atom is 0.176 e. The van der Waals surface area contributed by atoms with Gasteiger partial charge in [-0.3, -0.25) is 0 Å². The predicted octanol–water partition coefficient (Wildman–Crippen LogP) is 1.70. The third-order valence-electron chi connectivity index (χ3n) is 3.23. The molecule has 1 fully saturated rings. The number of hydrogen-bond acceptors (Lipinski definition) is 3. The molecular weight excluding hydrogens is 216 g/mol. The fraction of sp³-hybridized carbons (Fsp3) is 0.500. The van der Waals surface area contributed by atoms with Crippen LogP contribution in [0.3, 0.4) is 0 Å². The van der Waals surface area contributed by atoms with Crippen molar-refractivity contribution in [3.8, 4) is 11.6 Å². The molecule has 1 saturated heterocycles. The lowest BCUT2D eigenvalue weighted by Crippen LogP contribution is -2.07. The molecule has 1 aliphatic heterocycles. The van der Waals surface area contributed by atoms with Crippen LogP contribution >= 0.6 is 0 Å². The van der Waals surface area contributed by atoms with Crippen molar-refractivity contribution in [2.75, 3.05) is 13.2 Å². The molecule has 3 rings (SSSR count). The Bertz CT molecular complexity index is 457. The molecule has 1 aliphatic rings. The van der Waals surface area contributed by atoms with Gasteiger partial charge in [-0.25, -0.2) is 9.97 Å². The standard InChI is InChI=1S/C12H16N4O/c1(10-2-8-17-9-10)6-16-7-5-15-12(16)11-13-3-4-14-11/h3-5,7,10H,1-2,6,8-9H2,(H,13,14). The van der Waals surface area contributed by atoms with Crippen molar-refractivity contribution in [1.82, 2.24) is 19.5 Å². The third-order valence-corrected chi connectivity index (χ3v) is 3.23. The van der Waals surface area contributed by atoms with E-state index in [9.17, 15) is 0 Å². The van der Waals surface area contributed by atoms with E-state index in [2.05, 4.69) is 19.5 Å². The van der Waals surface area contributed by atoms with Gasteiger partial charge in [0.15, 0.2) is 11.6 Å². The molecule has 5 heteroatoms. The SMILES string of the molecule is c1c[nH]c(-c2nccn2CCC2CCOC2)n1. The van der Waals surface area contributed by atoms with Gasteiger partial charge in [-0.05, 0) is 18.8 Å². The molecule has 0 amide bonds. The quantitative estimate of drug-likeness (QED) is 0.873. The maximum atomic E-state index is 5.39. The molecule has 3 heterocycles. The van der Waals surface area contributed by atoms with Crippen LogP contribution in [0.15, 0.2) is 24.8 Å². The van der Waals surface area contributed by atoms with Gasteiger partial charge in [0.2, 0.25) is 0 Å². The van der Waals surface area contributed by atoms with E-state index < -0.39 is 0 Å². The van der Waals surface area contributed by atoms with E-state index in [1.54, 1.807) is 6.20 Å². The second-order valence-electron chi connectivity index (χ2n) is 4.40. The molecule has 1 N–H and O–H groups in total. The number of H-pyrrole nitrogens is 1. The van der Waals surface area contributed by atoms with Gasteiger partial charge in [0.25, 0.3) is 0 Å². The van der Waals surface area contributed by atoms with E-state index in [-0.39, 0.29) is 0 Å². The van der Waals surface area contributed by atoms with Crippen molar-refractivity contribution >= 4 is 0 Å². The highest BCUT2D eigenvalue weighted by Gasteiger charge is 2.16. The fourth-order valence-electron chi connectivity index (χ4n) is 2.23. The zero-order valence-electron chi connectivity index (χ0n) is 9.67. The van der Waals surface area contributed by atoms with Gasteiger partial charge in [-0.2, -0.15) is 0 Å². The van der Waals surface area contributed by atoms with Crippen molar-refractivity contribution in [2.45, 2.75) is 19.4 Å².